The molecule has 0 atom stereocenters. The van der Waals surface area contributed by atoms with Gasteiger partial charge in [0.05, 0.1) is 6.54 Å². The van der Waals surface area contributed by atoms with Gasteiger partial charge in [-0.2, -0.15) is 10.2 Å². The molecule has 24 heavy (non-hydrogen) atoms. The summed E-state index contributed by atoms with van der Waals surface area (Å²) in [5.74, 6) is 1.77. The summed E-state index contributed by atoms with van der Waals surface area (Å²) in [4.78, 5) is 11.1. The number of aryl methyl sites for hydroxylation is 1. The van der Waals surface area contributed by atoms with E-state index in [1.54, 1.807) is 0 Å². The molecule has 2 aromatic heterocycles. The lowest BCUT2D eigenvalue weighted by Gasteiger charge is -2.20. The minimum Gasteiger partial charge on any atom is -0.308 e. The first-order valence-corrected chi connectivity index (χ1v) is 8.52. The van der Waals surface area contributed by atoms with Gasteiger partial charge in [-0.1, -0.05) is 34.6 Å². The van der Waals surface area contributed by atoms with Crippen LogP contribution in [0.4, 0.5) is 0 Å². The third-order valence-corrected chi connectivity index (χ3v) is 4.09. The van der Waals surface area contributed by atoms with Crippen molar-refractivity contribution < 1.29 is 0 Å². The van der Waals surface area contributed by atoms with Gasteiger partial charge in [0.1, 0.15) is 12.7 Å². The monoisotopic (exact) mass is 333 g/mol. The number of hydrogen-bond donors (Lipinski definition) is 0. The van der Waals surface area contributed by atoms with Gasteiger partial charge >= 0.3 is 0 Å². The molecular formula is C17H31N7. The van der Waals surface area contributed by atoms with Crippen LogP contribution in [0.3, 0.4) is 0 Å². The molecule has 7 nitrogen and oxygen atoms in total. The Morgan fingerprint density at radius 3 is 1.96 bits per heavy atom. The number of rotatable bonds is 7. The SMILES string of the molecule is CN(C)CCn1cnc(C(C)(C)CCn2cnc(C(C)(C)C)n2)n1. The first-order valence-electron chi connectivity index (χ1n) is 8.52. The lowest BCUT2D eigenvalue weighted by Crippen LogP contribution is -2.23. The minimum absolute atomic E-state index is 0.0203. The van der Waals surface area contributed by atoms with Crippen molar-refractivity contribution in [2.75, 3.05) is 20.6 Å². The number of aromatic nitrogens is 6. The van der Waals surface area contributed by atoms with E-state index >= 15 is 0 Å². The molecule has 0 spiro atoms. The molecular weight excluding hydrogens is 302 g/mol. The van der Waals surface area contributed by atoms with Crippen molar-refractivity contribution in [2.45, 2.75) is 65.0 Å². The van der Waals surface area contributed by atoms with Gasteiger partial charge < -0.3 is 4.90 Å². The lowest BCUT2D eigenvalue weighted by molar-refractivity contribution is 0.365. The highest BCUT2D eigenvalue weighted by atomic mass is 15.3. The second-order valence-corrected chi connectivity index (χ2v) is 8.35. The van der Waals surface area contributed by atoms with E-state index in [0.717, 1.165) is 37.7 Å². The molecule has 0 bridgehead atoms. The predicted molar refractivity (Wildman–Crippen MR) is 94.9 cm³/mol. The molecule has 2 heterocycles. The van der Waals surface area contributed by atoms with E-state index in [-0.39, 0.29) is 10.8 Å². The highest BCUT2D eigenvalue weighted by Gasteiger charge is 2.26. The molecule has 0 aliphatic carbocycles. The molecule has 0 N–H and O–H groups in total. The molecule has 0 radical (unpaired) electrons. The lowest BCUT2D eigenvalue weighted by atomic mass is 9.88. The van der Waals surface area contributed by atoms with Crippen LogP contribution in [-0.4, -0.2) is 55.1 Å². The smallest absolute Gasteiger partial charge is 0.156 e. The molecule has 7 heteroatoms. The largest absolute Gasteiger partial charge is 0.308 e. The molecule has 0 saturated carbocycles. The summed E-state index contributed by atoms with van der Waals surface area (Å²) in [6, 6.07) is 0. The summed E-state index contributed by atoms with van der Waals surface area (Å²) in [5, 5.41) is 9.23. The Morgan fingerprint density at radius 1 is 0.875 bits per heavy atom. The third kappa shape index (κ3) is 4.87. The Labute approximate surface area is 145 Å². The maximum atomic E-state index is 4.64. The maximum absolute atomic E-state index is 4.64. The predicted octanol–water partition coefficient (Wildman–Crippen LogP) is 2.10. The average Bonchev–Trinajstić information content (AvgIpc) is 3.12. The molecule has 0 fully saturated rings. The Balaban J connectivity index is 1.97. The molecule has 0 aromatic carbocycles. The molecule has 0 aliphatic heterocycles. The zero-order valence-electron chi connectivity index (χ0n) is 16.1. The van der Waals surface area contributed by atoms with Crippen molar-refractivity contribution in [1.29, 1.82) is 0 Å². The van der Waals surface area contributed by atoms with Crippen LogP contribution in [0, 0.1) is 0 Å². The van der Waals surface area contributed by atoms with Gasteiger partial charge in [-0.3, -0.25) is 9.36 Å². The molecule has 0 aliphatic rings. The zero-order valence-corrected chi connectivity index (χ0v) is 16.1. The third-order valence-electron chi connectivity index (χ3n) is 4.09. The highest BCUT2D eigenvalue weighted by molar-refractivity contribution is 5.02. The highest BCUT2D eigenvalue weighted by Crippen LogP contribution is 2.24. The van der Waals surface area contributed by atoms with E-state index in [1.807, 2.05) is 22.0 Å². The maximum Gasteiger partial charge on any atom is 0.156 e. The minimum atomic E-state index is -0.1000. The van der Waals surface area contributed by atoms with Gasteiger partial charge in [-0.05, 0) is 20.5 Å². The Bertz CT molecular complexity index is 646. The normalized spacial score (nSPS) is 13.0. The Morgan fingerprint density at radius 2 is 1.42 bits per heavy atom. The van der Waals surface area contributed by atoms with E-state index in [2.05, 4.69) is 73.8 Å². The molecule has 0 unspecified atom stereocenters. The summed E-state index contributed by atoms with van der Waals surface area (Å²) in [7, 11) is 4.12. The van der Waals surface area contributed by atoms with Crippen molar-refractivity contribution in [2.24, 2.45) is 0 Å². The number of nitrogens with zero attached hydrogens (tertiary/aromatic N) is 7. The molecule has 0 saturated heterocycles. The molecule has 0 amide bonds. The van der Waals surface area contributed by atoms with E-state index in [1.165, 1.54) is 0 Å². The van der Waals surface area contributed by atoms with E-state index in [4.69, 9.17) is 0 Å². The van der Waals surface area contributed by atoms with Crippen molar-refractivity contribution in [1.82, 2.24) is 34.4 Å². The summed E-state index contributed by atoms with van der Waals surface area (Å²) in [6.45, 7) is 13.4. The summed E-state index contributed by atoms with van der Waals surface area (Å²) in [5.41, 5.74) is -0.120. The van der Waals surface area contributed by atoms with Crippen LogP contribution in [0.2, 0.25) is 0 Å². The van der Waals surface area contributed by atoms with Gasteiger partial charge in [-0.15, -0.1) is 0 Å². The van der Waals surface area contributed by atoms with Crippen LogP contribution in [-0.2, 0) is 23.9 Å². The fraction of sp³-hybridized carbons (Fsp3) is 0.765. The van der Waals surface area contributed by atoms with Gasteiger partial charge in [-0.25, -0.2) is 9.97 Å². The fourth-order valence-corrected chi connectivity index (χ4v) is 2.27. The van der Waals surface area contributed by atoms with Gasteiger partial charge in [0.2, 0.25) is 0 Å². The molecule has 134 valence electrons. The van der Waals surface area contributed by atoms with E-state index in [0.29, 0.717) is 0 Å². The van der Waals surface area contributed by atoms with Crippen molar-refractivity contribution in [3.63, 3.8) is 0 Å². The molecule has 2 rings (SSSR count). The van der Waals surface area contributed by atoms with Crippen LogP contribution < -0.4 is 0 Å². The van der Waals surface area contributed by atoms with Crippen molar-refractivity contribution in [3.05, 3.63) is 24.3 Å². The second kappa shape index (κ2) is 7.01. The van der Waals surface area contributed by atoms with Crippen molar-refractivity contribution in [3.8, 4) is 0 Å². The Kier molecular flexibility index (Phi) is 5.42. The van der Waals surface area contributed by atoms with Crippen LogP contribution >= 0.6 is 0 Å². The summed E-state index contributed by atoms with van der Waals surface area (Å²) in [6.07, 6.45) is 4.56. The van der Waals surface area contributed by atoms with E-state index < -0.39 is 0 Å². The van der Waals surface area contributed by atoms with Gasteiger partial charge in [0, 0.05) is 23.9 Å². The Hall–Kier alpha value is -1.76. The quantitative estimate of drug-likeness (QED) is 0.776. The molecule has 2 aromatic rings. The van der Waals surface area contributed by atoms with Gasteiger partial charge in [0.25, 0.3) is 0 Å². The second-order valence-electron chi connectivity index (χ2n) is 8.35. The fourth-order valence-electron chi connectivity index (χ4n) is 2.27. The van der Waals surface area contributed by atoms with E-state index in [9.17, 15) is 0 Å². The first-order chi connectivity index (χ1) is 11.1. The van der Waals surface area contributed by atoms with Crippen LogP contribution in [0.5, 0.6) is 0 Å². The average molecular weight is 333 g/mol. The zero-order chi connectivity index (χ0) is 18.0. The summed E-state index contributed by atoms with van der Waals surface area (Å²) >= 11 is 0. The standard InChI is InChI=1S/C17H31N7/c1-16(2,3)14-18-12-23(20-14)9-8-17(4,5)15-19-13-24(21-15)11-10-22(6)7/h12-13H,8-11H2,1-7H3. The van der Waals surface area contributed by atoms with Crippen LogP contribution in [0.1, 0.15) is 52.7 Å². The summed E-state index contributed by atoms with van der Waals surface area (Å²) < 4.78 is 3.84. The topological polar surface area (TPSA) is 64.7 Å². The number of hydrogen-bond acceptors (Lipinski definition) is 5. The van der Waals surface area contributed by atoms with Crippen LogP contribution in [0.15, 0.2) is 12.7 Å². The number of likely N-dealkylation sites (N-methyl/N-ethyl adjacent to an activating group) is 1. The van der Waals surface area contributed by atoms with Gasteiger partial charge in [0.15, 0.2) is 11.6 Å². The van der Waals surface area contributed by atoms with Crippen LogP contribution in [0.25, 0.3) is 0 Å². The first kappa shape index (κ1) is 18.6. The van der Waals surface area contributed by atoms with Crippen molar-refractivity contribution >= 4 is 0 Å².